The van der Waals surface area contributed by atoms with Crippen LogP contribution < -0.4 is 9.47 Å². The Labute approximate surface area is 124 Å². The highest BCUT2D eigenvalue weighted by Crippen LogP contribution is 2.23. The Morgan fingerprint density at radius 2 is 1.62 bits per heavy atom. The third-order valence-corrected chi connectivity index (χ3v) is 3.18. The lowest BCUT2D eigenvalue weighted by Crippen LogP contribution is -1.89. The second-order valence-corrected chi connectivity index (χ2v) is 4.73. The van der Waals surface area contributed by atoms with Gasteiger partial charge in [-0.3, -0.25) is 4.79 Å². The SMILES string of the molecule is COc1ccc(C(C=O)=Cc2cc(C)cc(OC)c2)cc1. The summed E-state index contributed by atoms with van der Waals surface area (Å²) < 4.78 is 10.4. The van der Waals surface area contributed by atoms with E-state index in [2.05, 4.69) is 0 Å². The van der Waals surface area contributed by atoms with Crippen LogP contribution in [-0.2, 0) is 4.79 Å². The van der Waals surface area contributed by atoms with Crippen LogP contribution in [0.25, 0.3) is 11.6 Å². The van der Waals surface area contributed by atoms with Gasteiger partial charge in [-0.2, -0.15) is 0 Å². The van der Waals surface area contributed by atoms with Crippen LogP contribution in [0.15, 0.2) is 42.5 Å². The zero-order valence-corrected chi connectivity index (χ0v) is 12.4. The third-order valence-electron chi connectivity index (χ3n) is 3.18. The van der Waals surface area contributed by atoms with Crippen molar-refractivity contribution in [1.82, 2.24) is 0 Å². The molecule has 0 heterocycles. The highest BCUT2D eigenvalue weighted by Gasteiger charge is 2.03. The fourth-order valence-corrected chi connectivity index (χ4v) is 2.13. The maximum Gasteiger partial charge on any atom is 0.150 e. The van der Waals surface area contributed by atoms with Gasteiger partial charge in [0.15, 0.2) is 6.29 Å². The fraction of sp³-hybridized carbons (Fsp3) is 0.167. The number of carbonyl (C=O) groups excluding carboxylic acids is 1. The molecule has 0 bridgehead atoms. The molecule has 0 aliphatic rings. The van der Waals surface area contributed by atoms with Gasteiger partial charge in [-0.25, -0.2) is 0 Å². The minimum absolute atomic E-state index is 0.616. The number of aldehydes is 1. The number of allylic oxidation sites excluding steroid dienone is 1. The summed E-state index contributed by atoms with van der Waals surface area (Å²) in [6.07, 6.45) is 2.71. The lowest BCUT2D eigenvalue weighted by atomic mass is 10.0. The summed E-state index contributed by atoms with van der Waals surface area (Å²) in [7, 11) is 3.25. The van der Waals surface area contributed by atoms with Crippen molar-refractivity contribution in [2.45, 2.75) is 6.92 Å². The number of benzene rings is 2. The van der Waals surface area contributed by atoms with Crippen LogP contribution in [0.3, 0.4) is 0 Å². The van der Waals surface area contributed by atoms with E-state index in [4.69, 9.17) is 9.47 Å². The summed E-state index contributed by atoms with van der Waals surface area (Å²) in [5.74, 6) is 1.54. The summed E-state index contributed by atoms with van der Waals surface area (Å²) in [6, 6.07) is 13.3. The lowest BCUT2D eigenvalue weighted by molar-refractivity contribution is -0.103. The van der Waals surface area contributed by atoms with E-state index < -0.39 is 0 Å². The molecular formula is C18H18O3. The Morgan fingerprint density at radius 3 is 2.19 bits per heavy atom. The minimum Gasteiger partial charge on any atom is -0.497 e. The largest absolute Gasteiger partial charge is 0.497 e. The number of ether oxygens (including phenoxy) is 2. The van der Waals surface area contributed by atoms with E-state index in [1.807, 2.05) is 55.5 Å². The zero-order valence-electron chi connectivity index (χ0n) is 12.4. The molecular weight excluding hydrogens is 264 g/mol. The second-order valence-electron chi connectivity index (χ2n) is 4.73. The van der Waals surface area contributed by atoms with Crippen LogP contribution >= 0.6 is 0 Å². The van der Waals surface area contributed by atoms with Gasteiger partial charge >= 0.3 is 0 Å². The van der Waals surface area contributed by atoms with Gasteiger partial charge in [0, 0.05) is 5.57 Å². The van der Waals surface area contributed by atoms with Crippen molar-refractivity contribution in [3.05, 3.63) is 59.2 Å². The standard InChI is InChI=1S/C18H18O3/c1-13-8-14(11-18(9-13)21-3)10-16(12-19)15-4-6-17(20-2)7-5-15/h4-12H,1-3H3. The van der Waals surface area contributed by atoms with Gasteiger partial charge in [0.05, 0.1) is 14.2 Å². The van der Waals surface area contributed by atoms with E-state index in [0.29, 0.717) is 5.57 Å². The molecule has 3 nitrogen and oxygen atoms in total. The smallest absolute Gasteiger partial charge is 0.150 e. The van der Waals surface area contributed by atoms with Gasteiger partial charge in [0.2, 0.25) is 0 Å². The molecule has 21 heavy (non-hydrogen) atoms. The molecule has 108 valence electrons. The minimum atomic E-state index is 0.616. The van der Waals surface area contributed by atoms with Crippen molar-refractivity contribution in [2.75, 3.05) is 14.2 Å². The predicted octanol–water partition coefficient (Wildman–Crippen LogP) is 3.75. The van der Waals surface area contributed by atoms with E-state index >= 15 is 0 Å². The molecule has 2 rings (SSSR count). The molecule has 0 N–H and O–H groups in total. The van der Waals surface area contributed by atoms with E-state index in [9.17, 15) is 4.79 Å². The van der Waals surface area contributed by atoms with Gasteiger partial charge in [-0.15, -0.1) is 0 Å². The normalized spacial score (nSPS) is 11.1. The number of carbonyl (C=O) groups is 1. The van der Waals surface area contributed by atoms with Crippen LogP contribution in [0.4, 0.5) is 0 Å². The van der Waals surface area contributed by atoms with E-state index in [1.165, 1.54) is 0 Å². The van der Waals surface area contributed by atoms with Crippen molar-refractivity contribution < 1.29 is 14.3 Å². The first-order valence-electron chi connectivity index (χ1n) is 6.63. The van der Waals surface area contributed by atoms with Crippen molar-refractivity contribution in [3.63, 3.8) is 0 Å². The van der Waals surface area contributed by atoms with E-state index in [-0.39, 0.29) is 0 Å². The monoisotopic (exact) mass is 282 g/mol. The van der Waals surface area contributed by atoms with Gasteiger partial charge < -0.3 is 9.47 Å². The lowest BCUT2D eigenvalue weighted by Gasteiger charge is -2.06. The van der Waals surface area contributed by atoms with Crippen molar-refractivity contribution >= 4 is 17.9 Å². The first-order chi connectivity index (χ1) is 10.2. The molecule has 0 saturated heterocycles. The van der Waals surface area contributed by atoms with Gasteiger partial charge in [-0.1, -0.05) is 18.2 Å². The maximum atomic E-state index is 11.4. The highest BCUT2D eigenvalue weighted by atomic mass is 16.5. The molecule has 0 atom stereocenters. The molecule has 2 aromatic rings. The second kappa shape index (κ2) is 6.75. The summed E-state index contributed by atoms with van der Waals surface area (Å²) in [5.41, 5.74) is 3.49. The predicted molar refractivity (Wildman–Crippen MR) is 84.7 cm³/mol. The molecule has 0 radical (unpaired) electrons. The molecule has 0 amide bonds. The summed E-state index contributed by atoms with van der Waals surface area (Å²) in [6.45, 7) is 1.99. The topological polar surface area (TPSA) is 35.5 Å². The van der Waals surface area contributed by atoms with E-state index in [0.717, 1.165) is 34.5 Å². The first kappa shape index (κ1) is 14.9. The zero-order chi connectivity index (χ0) is 15.2. The number of hydrogen-bond donors (Lipinski definition) is 0. The Hall–Kier alpha value is -2.55. The quantitative estimate of drug-likeness (QED) is 0.476. The van der Waals surface area contributed by atoms with Crippen LogP contribution in [0.2, 0.25) is 0 Å². The summed E-state index contributed by atoms with van der Waals surface area (Å²) in [5, 5.41) is 0. The Morgan fingerprint density at radius 1 is 0.952 bits per heavy atom. The highest BCUT2D eigenvalue weighted by molar-refractivity contribution is 6.13. The summed E-state index contributed by atoms with van der Waals surface area (Å²) in [4.78, 5) is 11.4. The molecule has 3 heteroatoms. The Bertz CT molecular complexity index is 655. The number of aryl methyl sites for hydroxylation is 1. The number of hydrogen-bond acceptors (Lipinski definition) is 3. The summed E-state index contributed by atoms with van der Waals surface area (Å²) >= 11 is 0. The molecule has 0 aliphatic carbocycles. The third kappa shape index (κ3) is 3.72. The fourth-order valence-electron chi connectivity index (χ4n) is 2.13. The van der Waals surface area contributed by atoms with Crippen molar-refractivity contribution in [2.24, 2.45) is 0 Å². The first-order valence-corrected chi connectivity index (χ1v) is 6.63. The molecule has 0 saturated carbocycles. The Kier molecular flexibility index (Phi) is 4.77. The Balaban J connectivity index is 2.39. The van der Waals surface area contributed by atoms with Crippen LogP contribution in [-0.4, -0.2) is 20.5 Å². The molecule has 0 aromatic heterocycles. The van der Waals surface area contributed by atoms with Gasteiger partial charge in [0.25, 0.3) is 0 Å². The molecule has 0 aliphatic heterocycles. The van der Waals surface area contributed by atoms with Crippen LogP contribution in [0.1, 0.15) is 16.7 Å². The van der Waals surface area contributed by atoms with Gasteiger partial charge in [-0.05, 0) is 54.0 Å². The molecule has 0 spiro atoms. The average molecular weight is 282 g/mol. The maximum absolute atomic E-state index is 11.4. The van der Waals surface area contributed by atoms with Crippen molar-refractivity contribution in [1.29, 1.82) is 0 Å². The van der Waals surface area contributed by atoms with E-state index in [1.54, 1.807) is 14.2 Å². The number of methoxy groups -OCH3 is 2. The molecule has 0 fully saturated rings. The van der Waals surface area contributed by atoms with Crippen LogP contribution in [0.5, 0.6) is 11.5 Å². The molecule has 2 aromatic carbocycles. The number of rotatable bonds is 5. The van der Waals surface area contributed by atoms with Crippen LogP contribution in [0, 0.1) is 6.92 Å². The van der Waals surface area contributed by atoms with Gasteiger partial charge in [0.1, 0.15) is 11.5 Å². The average Bonchev–Trinajstić information content (AvgIpc) is 2.52. The molecule has 0 unspecified atom stereocenters. The van der Waals surface area contributed by atoms with Crippen molar-refractivity contribution in [3.8, 4) is 11.5 Å².